The van der Waals surface area contributed by atoms with Crippen LogP contribution in [-0.2, 0) is 14.6 Å². The summed E-state index contributed by atoms with van der Waals surface area (Å²) in [4.78, 5) is 12.2. The molecule has 0 atom stereocenters. The van der Waals surface area contributed by atoms with Gasteiger partial charge >= 0.3 is 0 Å². The minimum absolute atomic E-state index is 0.0100. The second kappa shape index (κ2) is 8.07. The van der Waals surface area contributed by atoms with Gasteiger partial charge in [0.15, 0.2) is 0 Å². The Morgan fingerprint density at radius 2 is 2.00 bits per heavy atom. The fraction of sp³-hybridized carbons (Fsp3) is 0.250. The smallest absolute Gasteiger partial charge is 0.268 e. The van der Waals surface area contributed by atoms with Gasteiger partial charge in [0, 0.05) is 0 Å². The van der Waals surface area contributed by atoms with E-state index in [1.165, 1.54) is 18.2 Å². The molecule has 0 bridgehead atoms. The number of nitriles is 1. The molecule has 0 aliphatic rings. The molecule has 0 saturated carbocycles. The number of nitrogens with one attached hydrogen (secondary N) is 1. The highest BCUT2D eigenvalue weighted by atomic mass is 32.2. The van der Waals surface area contributed by atoms with Crippen molar-refractivity contribution < 1.29 is 18.3 Å². The Morgan fingerprint density at radius 3 is 2.58 bits per heavy atom. The quantitative estimate of drug-likeness (QED) is 0.437. The molecule has 0 spiro atoms. The molecule has 0 saturated heterocycles. The van der Waals surface area contributed by atoms with Gasteiger partial charge in [-0.3, -0.25) is 10.1 Å². The van der Waals surface area contributed by atoms with E-state index in [1.54, 1.807) is 32.0 Å². The number of phenols is 1. The van der Waals surface area contributed by atoms with Gasteiger partial charge in [0.05, 0.1) is 5.75 Å². The molecule has 1 amide bonds. The van der Waals surface area contributed by atoms with Gasteiger partial charge in [-0.2, -0.15) is 5.26 Å². The molecular formula is C16H16N4O4S2. The first-order chi connectivity index (χ1) is 12.2. The predicted octanol–water partition coefficient (Wildman–Crippen LogP) is 2.22. The maximum absolute atomic E-state index is 12.2. The number of carbonyl (C=O) groups excluding carboxylic acids is 1. The predicted molar refractivity (Wildman–Crippen MR) is 97.1 cm³/mol. The van der Waals surface area contributed by atoms with E-state index in [2.05, 4.69) is 15.5 Å². The molecule has 0 aliphatic carbocycles. The topological polar surface area (TPSA) is 133 Å². The van der Waals surface area contributed by atoms with Crippen LogP contribution in [-0.4, -0.2) is 35.4 Å². The van der Waals surface area contributed by atoms with Gasteiger partial charge in [-0.1, -0.05) is 37.3 Å². The largest absolute Gasteiger partial charge is 0.508 e. The van der Waals surface area contributed by atoms with Gasteiger partial charge in [-0.05, 0) is 29.7 Å². The number of carbonyl (C=O) groups is 1. The summed E-state index contributed by atoms with van der Waals surface area (Å²) in [5, 5.41) is 28.0. The number of hydrogen-bond acceptors (Lipinski definition) is 8. The van der Waals surface area contributed by atoms with Gasteiger partial charge in [0.2, 0.25) is 19.3 Å². The molecule has 2 N–H and O–H groups in total. The number of amides is 1. The van der Waals surface area contributed by atoms with Crippen molar-refractivity contribution in [3.8, 4) is 11.8 Å². The summed E-state index contributed by atoms with van der Waals surface area (Å²) in [5.74, 6) is -0.807. The first kappa shape index (κ1) is 19.6. The highest BCUT2D eigenvalue weighted by molar-refractivity contribution is 7.93. The van der Waals surface area contributed by atoms with E-state index >= 15 is 0 Å². The van der Waals surface area contributed by atoms with Crippen molar-refractivity contribution in [3.63, 3.8) is 0 Å². The third kappa shape index (κ3) is 5.11. The van der Waals surface area contributed by atoms with Crippen LogP contribution < -0.4 is 5.32 Å². The van der Waals surface area contributed by atoms with Crippen LogP contribution in [0.15, 0.2) is 34.2 Å². The van der Waals surface area contributed by atoms with Crippen LogP contribution in [0.4, 0.5) is 5.13 Å². The lowest BCUT2D eigenvalue weighted by Gasteiger charge is -2.02. The second-order valence-electron chi connectivity index (χ2n) is 5.76. The van der Waals surface area contributed by atoms with Crippen molar-refractivity contribution >= 4 is 38.3 Å². The molecule has 1 aromatic heterocycles. The maximum Gasteiger partial charge on any atom is 0.268 e. The van der Waals surface area contributed by atoms with E-state index in [0.717, 1.165) is 11.3 Å². The lowest BCUT2D eigenvalue weighted by atomic mass is 10.1. The summed E-state index contributed by atoms with van der Waals surface area (Å²) in [6.45, 7) is 3.54. The first-order valence-corrected chi connectivity index (χ1v) is 9.96. The Labute approximate surface area is 154 Å². The van der Waals surface area contributed by atoms with Crippen LogP contribution in [0.1, 0.15) is 19.4 Å². The highest BCUT2D eigenvalue weighted by Gasteiger charge is 2.22. The average molecular weight is 392 g/mol. The van der Waals surface area contributed by atoms with Crippen molar-refractivity contribution in [2.75, 3.05) is 11.1 Å². The number of aromatic hydroxyl groups is 1. The van der Waals surface area contributed by atoms with Crippen LogP contribution >= 0.6 is 11.3 Å². The number of aromatic nitrogens is 2. The average Bonchev–Trinajstić information content (AvgIpc) is 3.02. The molecule has 2 aromatic rings. The van der Waals surface area contributed by atoms with Crippen LogP contribution in [0, 0.1) is 17.2 Å². The molecule has 136 valence electrons. The molecule has 10 heteroatoms. The molecule has 1 aromatic carbocycles. The number of hydrogen-bond donors (Lipinski definition) is 2. The summed E-state index contributed by atoms with van der Waals surface area (Å²) < 4.78 is 24.0. The van der Waals surface area contributed by atoms with Crippen molar-refractivity contribution in [1.29, 1.82) is 5.26 Å². The van der Waals surface area contributed by atoms with Crippen molar-refractivity contribution in [2.45, 2.75) is 18.2 Å². The van der Waals surface area contributed by atoms with Gasteiger partial charge in [0.1, 0.15) is 17.4 Å². The minimum Gasteiger partial charge on any atom is -0.508 e. The zero-order valence-corrected chi connectivity index (χ0v) is 15.6. The SMILES string of the molecule is CC(C)CS(=O)(=O)c1nnc(NC(=O)/C(C#N)=C\c2ccc(O)cc2)s1. The third-order valence-electron chi connectivity index (χ3n) is 3.01. The zero-order valence-electron chi connectivity index (χ0n) is 14.0. The fourth-order valence-electron chi connectivity index (χ4n) is 1.95. The number of sulfone groups is 1. The van der Waals surface area contributed by atoms with E-state index < -0.39 is 15.7 Å². The molecule has 0 unspecified atom stereocenters. The van der Waals surface area contributed by atoms with Crippen LogP contribution in [0.5, 0.6) is 5.75 Å². The van der Waals surface area contributed by atoms with Gasteiger partial charge in [-0.25, -0.2) is 8.42 Å². The molecule has 26 heavy (non-hydrogen) atoms. The van der Waals surface area contributed by atoms with E-state index in [-0.39, 0.29) is 32.5 Å². The first-order valence-electron chi connectivity index (χ1n) is 7.49. The van der Waals surface area contributed by atoms with E-state index in [0.29, 0.717) is 5.56 Å². The summed E-state index contributed by atoms with van der Waals surface area (Å²) in [6, 6.07) is 7.71. The Morgan fingerprint density at radius 1 is 1.35 bits per heavy atom. The summed E-state index contributed by atoms with van der Waals surface area (Å²) >= 11 is 0.734. The molecule has 8 nitrogen and oxygen atoms in total. The minimum atomic E-state index is -3.56. The van der Waals surface area contributed by atoms with E-state index in [1.807, 2.05) is 0 Å². The van der Waals surface area contributed by atoms with Crippen LogP contribution in [0.25, 0.3) is 6.08 Å². The van der Waals surface area contributed by atoms with Gasteiger partial charge in [0.25, 0.3) is 5.91 Å². The molecule has 1 heterocycles. The van der Waals surface area contributed by atoms with Crippen LogP contribution in [0.3, 0.4) is 0 Å². The molecular weight excluding hydrogens is 376 g/mol. The number of rotatable bonds is 6. The Balaban J connectivity index is 2.16. The monoisotopic (exact) mass is 392 g/mol. The summed E-state index contributed by atoms with van der Waals surface area (Å²) in [6.07, 6.45) is 1.34. The Kier molecular flexibility index (Phi) is 6.07. The third-order valence-corrected chi connectivity index (χ3v) is 6.38. The standard InChI is InChI=1S/C16H16N4O4S2/c1-10(2)9-26(23,24)16-20-19-15(25-16)18-14(22)12(8-17)7-11-3-5-13(21)6-4-11/h3-7,10,21H,9H2,1-2H3,(H,18,19,22)/b12-7-. The van der Waals surface area contributed by atoms with Gasteiger partial charge < -0.3 is 5.11 Å². The molecule has 0 radical (unpaired) electrons. The lowest BCUT2D eigenvalue weighted by Crippen LogP contribution is -2.13. The normalized spacial score (nSPS) is 12.0. The number of phenolic OH excluding ortho intramolecular Hbond substituents is 1. The van der Waals surface area contributed by atoms with Crippen molar-refractivity contribution in [2.24, 2.45) is 5.92 Å². The maximum atomic E-state index is 12.2. The van der Waals surface area contributed by atoms with Crippen molar-refractivity contribution in [1.82, 2.24) is 10.2 Å². The van der Waals surface area contributed by atoms with Gasteiger partial charge in [-0.15, -0.1) is 10.2 Å². The molecule has 0 aliphatic heterocycles. The second-order valence-corrected chi connectivity index (χ2v) is 8.95. The zero-order chi connectivity index (χ0) is 19.3. The summed E-state index contributed by atoms with van der Waals surface area (Å²) in [5.41, 5.74) is 0.351. The fourth-order valence-corrected chi connectivity index (χ4v) is 4.55. The lowest BCUT2D eigenvalue weighted by molar-refractivity contribution is -0.112. The number of nitrogens with zero attached hydrogens (tertiary/aromatic N) is 3. The Hall–Kier alpha value is -2.77. The van der Waals surface area contributed by atoms with E-state index in [4.69, 9.17) is 5.26 Å². The number of benzene rings is 1. The summed E-state index contributed by atoms with van der Waals surface area (Å²) in [7, 11) is -3.56. The Bertz CT molecular complexity index is 970. The molecule has 0 fully saturated rings. The highest BCUT2D eigenvalue weighted by Crippen LogP contribution is 2.23. The molecule has 2 rings (SSSR count). The van der Waals surface area contributed by atoms with Crippen LogP contribution in [0.2, 0.25) is 0 Å². The number of anilines is 1. The van der Waals surface area contributed by atoms with Crippen molar-refractivity contribution in [3.05, 3.63) is 35.4 Å². The van der Waals surface area contributed by atoms with E-state index in [9.17, 15) is 18.3 Å².